The number of hydrogen-bond acceptors (Lipinski definition) is 2. The smallest absolute Gasteiger partial charge is 0.214 e. The zero-order valence-corrected chi connectivity index (χ0v) is 9.46. The van der Waals surface area contributed by atoms with E-state index in [0.717, 1.165) is 16.8 Å². The van der Waals surface area contributed by atoms with Crippen molar-refractivity contribution in [2.75, 3.05) is 0 Å². The summed E-state index contributed by atoms with van der Waals surface area (Å²) in [4.78, 5) is 0. The summed E-state index contributed by atoms with van der Waals surface area (Å²) in [5, 5.41) is 16.3. The summed E-state index contributed by atoms with van der Waals surface area (Å²) in [6.45, 7) is 1.86. The Morgan fingerprint density at radius 1 is 1.00 bits per heavy atom. The maximum Gasteiger partial charge on any atom is 0.214 e. The van der Waals surface area contributed by atoms with E-state index >= 15 is 0 Å². The molecular weight excluding hydrogens is 212 g/mol. The van der Waals surface area contributed by atoms with Gasteiger partial charge >= 0.3 is 0 Å². The zero-order valence-electron chi connectivity index (χ0n) is 9.46. The van der Waals surface area contributed by atoms with Crippen LogP contribution in [0, 0.1) is 6.92 Å². The van der Waals surface area contributed by atoms with Gasteiger partial charge in [-0.25, -0.2) is 4.68 Å². The maximum absolute atomic E-state index is 9.76. The molecule has 0 atom stereocenters. The predicted molar refractivity (Wildman–Crippen MR) is 67.5 cm³/mol. The van der Waals surface area contributed by atoms with Crippen molar-refractivity contribution in [2.45, 2.75) is 6.92 Å². The van der Waals surface area contributed by atoms with E-state index < -0.39 is 0 Å². The molecule has 3 nitrogen and oxygen atoms in total. The van der Waals surface area contributed by atoms with Crippen LogP contribution >= 0.6 is 0 Å². The van der Waals surface area contributed by atoms with Gasteiger partial charge in [-0.3, -0.25) is 0 Å². The molecule has 1 N–H and O–H groups in total. The molecule has 0 amide bonds. The average Bonchev–Trinajstić information content (AvgIpc) is 2.68. The minimum atomic E-state index is 0.165. The lowest BCUT2D eigenvalue weighted by atomic mass is 10.1. The average molecular weight is 224 g/mol. The molecule has 0 aliphatic heterocycles. The molecule has 0 saturated heterocycles. The van der Waals surface area contributed by atoms with Crippen molar-refractivity contribution in [3.8, 4) is 11.6 Å². The van der Waals surface area contributed by atoms with Gasteiger partial charge in [0.05, 0.1) is 11.4 Å². The molecule has 0 aliphatic rings. The Kier molecular flexibility index (Phi) is 2.11. The van der Waals surface area contributed by atoms with Gasteiger partial charge in [0.25, 0.3) is 0 Å². The van der Waals surface area contributed by atoms with Gasteiger partial charge in [0.2, 0.25) is 5.88 Å². The van der Waals surface area contributed by atoms with Crippen molar-refractivity contribution in [1.82, 2.24) is 9.78 Å². The largest absolute Gasteiger partial charge is 0.493 e. The predicted octanol–water partition coefficient (Wildman–Crippen LogP) is 3.04. The number of aryl methyl sites for hydroxylation is 1. The van der Waals surface area contributed by atoms with Crippen LogP contribution in [0.5, 0.6) is 5.88 Å². The first-order valence-corrected chi connectivity index (χ1v) is 5.49. The van der Waals surface area contributed by atoms with Crippen molar-refractivity contribution in [3.63, 3.8) is 0 Å². The van der Waals surface area contributed by atoms with E-state index in [2.05, 4.69) is 11.2 Å². The monoisotopic (exact) mass is 224 g/mol. The third-order valence-electron chi connectivity index (χ3n) is 2.79. The standard InChI is InChI=1S/C14H12N2O/c1-10-8-14(17)16(15-10)13-7-6-11-4-2-3-5-12(11)9-13/h2-9,17H,1H3. The highest BCUT2D eigenvalue weighted by Gasteiger charge is 2.06. The van der Waals surface area contributed by atoms with E-state index in [4.69, 9.17) is 0 Å². The number of aromatic nitrogens is 2. The van der Waals surface area contributed by atoms with E-state index in [1.165, 1.54) is 5.39 Å². The van der Waals surface area contributed by atoms with E-state index in [9.17, 15) is 5.11 Å². The molecule has 0 fully saturated rings. The lowest BCUT2D eigenvalue weighted by molar-refractivity contribution is 0.433. The molecule has 3 heteroatoms. The van der Waals surface area contributed by atoms with E-state index in [1.807, 2.05) is 43.3 Å². The fourth-order valence-electron chi connectivity index (χ4n) is 1.98. The molecule has 0 saturated carbocycles. The number of nitrogens with zero attached hydrogens (tertiary/aromatic N) is 2. The summed E-state index contributed by atoms with van der Waals surface area (Å²) in [5.74, 6) is 0.165. The minimum absolute atomic E-state index is 0.165. The minimum Gasteiger partial charge on any atom is -0.493 e. The summed E-state index contributed by atoms with van der Waals surface area (Å²) < 4.78 is 1.54. The third-order valence-corrected chi connectivity index (χ3v) is 2.79. The SMILES string of the molecule is Cc1cc(O)n(-c2ccc3ccccc3c2)n1. The van der Waals surface area contributed by atoms with Crippen LogP contribution < -0.4 is 0 Å². The molecule has 0 aliphatic carbocycles. The molecule has 2 aromatic carbocycles. The van der Waals surface area contributed by atoms with E-state index in [-0.39, 0.29) is 5.88 Å². The van der Waals surface area contributed by atoms with E-state index in [0.29, 0.717) is 0 Å². The van der Waals surface area contributed by atoms with Crippen molar-refractivity contribution < 1.29 is 5.11 Å². The van der Waals surface area contributed by atoms with Gasteiger partial charge in [0, 0.05) is 6.07 Å². The first-order chi connectivity index (χ1) is 8.24. The Labute approximate surface area is 98.9 Å². The Morgan fingerprint density at radius 3 is 2.47 bits per heavy atom. The van der Waals surface area contributed by atoms with Crippen molar-refractivity contribution >= 4 is 10.8 Å². The van der Waals surface area contributed by atoms with Crippen LogP contribution in [0.3, 0.4) is 0 Å². The van der Waals surface area contributed by atoms with Gasteiger partial charge in [0.15, 0.2) is 0 Å². The van der Waals surface area contributed by atoms with Gasteiger partial charge in [0.1, 0.15) is 0 Å². The van der Waals surface area contributed by atoms with Crippen LogP contribution in [0.4, 0.5) is 0 Å². The Bertz CT molecular complexity index is 686. The lowest BCUT2D eigenvalue weighted by Gasteiger charge is -2.04. The van der Waals surface area contributed by atoms with Crippen molar-refractivity contribution in [1.29, 1.82) is 0 Å². The van der Waals surface area contributed by atoms with Gasteiger partial charge in [-0.1, -0.05) is 30.3 Å². The number of benzene rings is 2. The summed E-state index contributed by atoms with van der Waals surface area (Å²) in [5.41, 5.74) is 1.67. The number of aromatic hydroxyl groups is 1. The molecule has 0 unspecified atom stereocenters. The lowest BCUT2D eigenvalue weighted by Crippen LogP contribution is -1.95. The topological polar surface area (TPSA) is 38.0 Å². The Hall–Kier alpha value is -2.29. The molecule has 1 aromatic heterocycles. The van der Waals surface area contributed by atoms with Crippen LogP contribution in [0.2, 0.25) is 0 Å². The molecule has 84 valence electrons. The molecule has 0 spiro atoms. The normalized spacial score (nSPS) is 10.9. The molecule has 0 bridgehead atoms. The fourth-order valence-corrected chi connectivity index (χ4v) is 1.98. The van der Waals surface area contributed by atoms with Crippen LogP contribution in [-0.2, 0) is 0 Å². The third kappa shape index (κ3) is 1.65. The number of hydrogen-bond donors (Lipinski definition) is 1. The molecule has 0 radical (unpaired) electrons. The van der Waals surface area contributed by atoms with Gasteiger partial charge in [-0.15, -0.1) is 0 Å². The second-order valence-electron chi connectivity index (χ2n) is 4.09. The van der Waals surface area contributed by atoms with Crippen LogP contribution in [-0.4, -0.2) is 14.9 Å². The van der Waals surface area contributed by atoms with Gasteiger partial charge in [-0.2, -0.15) is 5.10 Å². The van der Waals surface area contributed by atoms with Crippen molar-refractivity contribution in [3.05, 3.63) is 54.2 Å². The van der Waals surface area contributed by atoms with Gasteiger partial charge in [-0.05, 0) is 29.8 Å². The van der Waals surface area contributed by atoms with Crippen LogP contribution in [0.25, 0.3) is 16.5 Å². The van der Waals surface area contributed by atoms with Crippen molar-refractivity contribution in [2.24, 2.45) is 0 Å². The van der Waals surface area contributed by atoms with Crippen LogP contribution in [0.15, 0.2) is 48.5 Å². The van der Waals surface area contributed by atoms with Crippen LogP contribution in [0.1, 0.15) is 5.69 Å². The molecule has 1 heterocycles. The van der Waals surface area contributed by atoms with Gasteiger partial charge < -0.3 is 5.11 Å². The summed E-state index contributed by atoms with van der Waals surface area (Å²) in [7, 11) is 0. The maximum atomic E-state index is 9.76. The highest BCUT2D eigenvalue weighted by Crippen LogP contribution is 2.22. The zero-order chi connectivity index (χ0) is 11.8. The first-order valence-electron chi connectivity index (χ1n) is 5.49. The molecule has 3 rings (SSSR count). The summed E-state index contributed by atoms with van der Waals surface area (Å²) in [6, 6.07) is 15.8. The second-order valence-corrected chi connectivity index (χ2v) is 4.09. The highest BCUT2D eigenvalue weighted by molar-refractivity contribution is 5.84. The number of rotatable bonds is 1. The Morgan fingerprint density at radius 2 is 1.76 bits per heavy atom. The Balaban J connectivity index is 2.21. The highest BCUT2D eigenvalue weighted by atomic mass is 16.3. The first kappa shape index (κ1) is 9.90. The molecular formula is C14H12N2O. The molecule has 3 aromatic rings. The number of fused-ring (bicyclic) bond motifs is 1. The fraction of sp³-hybridized carbons (Fsp3) is 0.0714. The summed E-state index contributed by atoms with van der Waals surface area (Å²) in [6.07, 6.45) is 0. The molecule has 17 heavy (non-hydrogen) atoms. The summed E-state index contributed by atoms with van der Waals surface area (Å²) >= 11 is 0. The second kappa shape index (κ2) is 3.63. The van der Waals surface area contributed by atoms with E-state index in [1.54, 1.807) is 10.7 Å². The quantitative estimate of drug-likeness (QED) is 0.690.